The van der Waals surface area contributed by atoms with Crippen LogP contribution in [0.1, 0.15) is 0 Å². The minimum absolute atomic E-state index is 0.172. The molecule has 2 aromatic rings. The summed E-state index contributed by atoms with van der Waals surface area (Å²) in [7, 11) is 0. The van der Waals surface area contributed by atoms with Crippen LogP contribution >= 0.6 is 12.6 Å². The molecule has 0 aliphatic carbocycles. The Bertz CT molecular complexity index is 479. The highest BCUT2D eigenvalue weighted by Crippen LogP contribution is 2.05. The number of hydrogen-bond acceptors (Lipinski definition) is 4. The highest BCUT2D eigenvalue weighted by Gasteiger charge is 1.95. The third-order valence-corrected chi connectivity index (χ3v) is 1.68. The normalized spacial score (nSPS) is 10.4. The van der Waals surface area contributed by atoms with Crippen molar-refractivity contribution in [3.05, 3.63) is 28.7 Å². The van der Waals surface area contributed by atoms with Crippen molar-refractivity contribution in [2.24, 2.45) is 0 Å². The Morgan fingerprint density at radius 1 is 1.42 bits per heavy atom. The number of fused-ring (bicyclic) bond motifs is 1. The zero-order valence-electron chi connectivity index (χ0n) is 5.98. The summed E-state index contributed by atoms with van der Waals surface area (Å²) >= 11 is 3.95. The van der Waals surface area contributed by atoms with Gasteiger partial charge in [0.1, 0.15) is 5.65 Å². The van der Waals surface area contributed by atoms with Crippen molar-refractivity contribution in [2.75, 3.05) is 0 Å². The standard InChI is InChI=1S/C7H5N3OS/c11-5-2-1-4-3-8-7(12)10-6(4)9-5/h1-3H,(H2,8,9,10,11,12). The molecule has 5 heteroatoms. The average Bonchev–Trinajstić information content (AvgIpc) is 2.03. The Morgan fingerprint density at radius 3 is 3.08 bits per heavy atom. The van der Waals surface area contributed by atoms with E-state index in [0.29, 0.717) is 10.8 Å². The van der Waals surface area contributed by atoms with Gasteiger partial charge >= 0.3 is 0 Å². The predicted molar refractivity (Wildman–Crippen MR) is 47.4 cm³/mol. The summed E-state index contributed by atoms with van der Waals surface area (Å²) in [5, 5.41) is 1.15. The Hall–Kier alpha value is -1.36. The van der Waals surface area contributed by atoms with Crippen molar-refractivity contribution in [1.82, 2.24) is 15.0 Å². The zero-order chi connectivity index (χ0) is 8.55. The molecule has 2 aromatic heterocycles. The monoisotopic (exact) mass is 179 g/mol. The fraction of sp³-hybridized carbons (Fsp3) is 0. The molecule has 4 nitrogen and oxygen atoms in total. The van der Waals surface area contributed by atoms with Gasteiger partial charge in [-0.25, -0.2) is 9.97 Å². The van der Waals surface area contributed by atoms with E-state index < -0.39 is 0 Å². The molecule has 0 bridgehead atoms. The number of thiol groups is 1. The van der Waals surface area contributed by atoms with Gasteiger partial charge in [-0.2, -0.15) is 0 Å². The fourth-order valence-electron chi connectivity index (χ4n) is 0.928. The van der Waals surface area contributed by atoms with Crippen molar-refractivity contribution < 1.29 is 0 Å². The number of H-pyrrole nitrogens is 1. The molecule has 2 rings (SSSR count). The van der Waals surface area contributed by atoms with E-state index in [1.54, 1.807) is 12.3 Å². The molecule has 0 spiro atoms. The summed E-state index contributed by atoms with van der Waals surface area (Å²) in [6.07, 6.45) is 1.61. The molecule has 0 aliphatic heterocycles. The summed E-state index contributed by atoms with van der Waals surface area (Å²) in [6.45, 7) is 0. The van der Waals surface area contributed by atoms with E-state index in [4.69, 9.17) is 0 Å². The molecule has 2 heterocycles. The number of nitrogens with zero attached hydrogens (tertiary/aromatic N) is 2. The van der Waals surface area contributed by atoms with Crippen molar-refractivity contribution >= 4 is 23.7 Å². The summed E-state index contributed by atoms with van der Waals surface area (Å²) < 4.78 is 0. The molecule has 0 amide bonds. The average molecular weight is 179 g/mol. The molecule has 0 aromatic carbocycles. The first kappa shape index (κ1) is 7.30. The predicted octanol–water partition coefficient (Wildman–Crippen LogP) is 0.607. The second-order valence-corrected chi connectivity index (χ2v) is 2.70. The topological polar surface area (TPSA) is 58.6 Å². The van der Waals surface area contributed by atoms with E-state index >= 15 is 0 Å². The Morgan fingerprint density at radius 2 is 2.25 bits per heavy atom. The van der Waals surface area contributed by atoms with Crippen LogP contribution in [0.2, 0.25) is 0 Å². The van der Waals surface area contributed by atoms with Crippen molar-refractivity contribution in [1.29, 1.82) is 0 Å². The van der Waals surface area contributed by atoms with Gasteiger partial charge in [0, 0.05) is 17.6 Å². The molecule has 0 fully saturated rings. The highest BCUT2D eigenvalue weighted by atomic mass is 32.1. The highest BCUT2D eigenvalue weighted by molar-refractivity contribution is 7.80. The largest absolute Gasteiger partial charge is 0.306 e. The maximum Gasteiger partial charge on any atom is 0.249 e. The Kier molecular flexibility index (Phi) is 1.58. The molecule has 12 heavy (non-hydrogen) atoms. The number of hydrogen-bond donors (Lipinski definition) is 2. The second-order valence-electron chi connectivity index (χ2n) is 2.30. The van der Waals surface area contributed by atoms with E-state index in [-0.39, 0.29) is 5.56 Å². The molecule has 0 aliphatic rings. The van der Waals surface area contributed by atoms with Crippen LogP contribution < -0.4 is 5.56 Å². The van der Waals surface area contributed by atoms with Gasteiger partial charge in [0.2, 0.25) is 5.56 Å². The van der Waals surface area contributed by atoms with Crippen LogP contribution in [0.25, 0.3) is 11.0 Å². The van der Waals surface area contributed by atoms with Gasteiger partial charge in [-0.3, -0.25) is 4.79 Å². The lowest BCUT2D eigenvalue weighted by Gasteiger charge is -1.94. The maximum absolute atomic E-state index is 10.9. The third kappa shape index (κ3) is 1.18. The third-order valence-electron chi connectivity index (χ3n) is 1.46. The van der Waals surface area contributed by atoms with Crippen LogP contribution in [-0.2, 0) is 0 Å². The lowest BCUT2D eigenvalue weighted by molar-refractivity contribution is 0.992. The second kappa shape index (κ2) is 2.60. The number of pyridine rings is 1. The quantitative estimate of drug-likeness (QED) is 0.460. The Balaban J connectivity index is 2.89. The number of aromatic amines is 1. The molecule has 0 saturated carbocycles. The van der Waals surface area contributed by atoms with Gasteiger partial charge in [0.25, 0.3) is 0 Å². The first-order valence-corrected chi connectivity index (χ1v) is 3.75. The van der Waals surface area contributed by atoms with E-state index in [2.05, 4.69) is 27.6 Å². The minimum Gasteiger partial charge on any atom is -0.306 e. The van der Waals surface area contributed by atoms with E-state index in [1.807, 2.05) is 0 Å². The molecule has 0 atom stereocenters. The lowest BCUT2D eigenvalue weighted by atomic mass is 10.3. The Labute approximate surface area is 73.1 Å². The smallest absolute Gasteiger partial charge is 0.249 e. The van der Waals surface area contributed by atoms with Crippen LogP contribution in [-0.4, -0.2) is 15.0 Å². The summed E-state index contributed by atoms with van der Waals surface area (Å²) in [6, 6.07) is 3.10. The van der Waals surface area contributed by atoms with Crippen molar-refractivity contribution in [3.8, 4) is 0 Å². The van der Waals surface area contributed by atoms with Gasteiger partial charge in [-0.1, -0.05) is 0 Å². The molecular formula is C7H5N3OS. The van der Waals surface area contributed by atoms with Gasteiger partial charge in [-0.15, -0.1) is 12.6 Å². The van der Waals surface area contributed by atoms with E-state index in [1.165, 1.54) is 6.07 Å². The molecular weight excluding hydrogens is 174 g/mol. The van der Waals surface area contributed by atoms with E-state index in [9.17, 15) is 4.79 Å². The van der Waals surface area contributed by atoms with Crippen LogP contribution in [0.4, 0.5) is 0 Å². The molecule has 0 unspecified atom stereocenters. The van der Waals surface area contributed by atoms with Crippen molar-refractivity contribution in [2.45, 2.75) is 5.16 Å². The number of aromatic nitrogens is 3. The molecule has 0 radical (unpaired) electrons. The van der Waals surface area contributed by atoms with Gasteiger partial charge < -0.3 is 4.98 Å². The number of nitrogens with one attached hydrogen (secondary N) is 1. The van der Waals surface area contributed by atoms with Gasteiger partial charge in [0.05, 0.1) is 0 Å². The fourth-order valence-corrected chi connectivity index (χ4v) is 1.09. The van der Waals surface area contributed by atoms with Crippen LogP contribution in [0.5, 0.6) is 0 Å². The SMILES string of the molecule is O=c1ccc2cnc(S)nc2[nH]1. The zero-order valence-corrected chi connectivity index (χ0v) is 6.88. The van der Waals surface area contributed by atoms with Crippen LogP contribution in [0.15, 0.2) is 28.3 Å². The maximum atomic E-state index is 10.9. The van der Waals surface area contributed by atoms with Crippen LogP contribution in [0.3, 0.4) is 0 Å². The van der Waals surface area contributed by atoms with E-state index in [0.717, 1.165) is 5.39 Å². The summed E-state index contributed by atoms with van der Waals surface area (Å²) in [5.41, 5.74) is 0.344. The summed E-state index contributed by atoms with van der Waals surface area (Å²) in [4.78, 5) is 21.2. The first-order valence-electron chi connectivity index (χ1n) is 3.31. The number of rotatable bonds is 0. The molecule has 0 saturated heterocycles. The van der Waals surface area contributed by atoms with Crippen LogP contribution in [0, 0.1) is 0 Å². The van der Waals surface area contributed by atoms with Gasteiger partial charge in [-0.05, 0) is 6.07 Å². The molecule has 1 N–H and O–H groups in total. The summed E-state index contributed by atoms with van der Waals surface area (Å²) in [5.74, 6) is 0. The van der Waals surface area contributed by atoms with Gasteiger partial charge in [0.15, 0.2) is 5.16 Å². The lowest BCUT2D eigenvalue weighted by Crippen LogP contribution is -2.03. The minimum atomic E-state index is -0.172. The van der Waals surface area contributed by atoms with Crippen molar-refractivity contribution in [3.63, 3.8) is 0 Å². The first-order chi connectivity index (χ1) is 5.75. The molecule has 60 valence electrons.